The highest BCUT2D eigenvalue weighted by atomic mass is 16.5. The van der Waals surface area contributed by atoms with E-state index in [0.29, 0.717) is 5.56 Å². The minimum Gasteiger partial charge on any atom is -0.497 e. The Labute approximate surface area is 140 Å². The molecule has 0 saturated heterocycles. The van der Waals surface area contributed by atoms with Gasteiger partial charge in [0.15, 0.2) is 0 Å². The van der Waals surface area contributed by atoms with Crippen LogP contribution in [0, 0.1) is 0 Å². The molecule has 3 rings (SSSR count). The van der Waals surface area contributed by atoms with E-state index >= 15 is 0 Å². The minimum absolute atomic E-state index is 0.284. The number of ether oxygens (including phenoxy) is 1. The normalized spacial score (nSPS) is 11.3. The lowest BCUT2D eigenvalue weighted by atomic mass is 10.0. The number of benzene rings is 2. The van der Waals surface area contributed by atoms with Gasteiger partial charge in [-0.2, -0.15) is 5.10 Å². The monoisotopic (exact) mass is 319 g/mol. The van der Waals surface area contributed by atoms with E-state index in [-0.39, 0.29) is 5.91 Å². The fraction of sp³-hybridized carbons (Fsp3) is 0.105. The lowest BCUT2D eigenvalue weighted by Gasteiger charge is -2.06. The van der Waals surface area contributed by atoms with Crippen molar-refractivity contribution < 1.29 is 9.53 Å². The van der Waals surface area contributed by atoms with Gasteiger partial charge < -0.3 is 4.74 Å². The van der Waals surface area contributed by atoms with Crippen LogP contribution in [0.15, 0.2) is 66.0 Å². The van der Waals surface area contributed by atoms with Gasteiger partial charge in [-0.1, -0.05) is 18.2 Å². The Morgan fingerprint density at radius 2 is 1.88 bits per heavy atom. The number of rotatable bonds is 4. The molecule has 3 aromatic rings. The maximum Gasteiger partial charge on any atom is 0.272 e. The summed E-state index contributed by atoms with van der Waals surface area (Å²) in [5, 5.41) is 6.35. The minimum atomic E-state index is -0.284. The molecule has 5 nitrogen and oxygen atoms in total. The van der Waals surface area contributed by atoms with Crippen molar-refractivity contribution in [3.05, 3.63) is 72.1 Å². The molecule has 1 amide bonds. The van der Waals surface area contributed by atoms with Crippen molar-refractivity contribution in [2.45, 2.75) is 6.92 Å². The van der Waals surface area contributed by atoms with Gasteiger partial charge in [0.1, 0.15) is 5.75 Å². The molecule has 0 aliphatic heterocycles. The summed E-state index contributed by atoms with van der Waals surface area (Å²) in [6.45, 7) is 1.86. The van der Waals surface area contributed by atoms with Crippen molar-refractivity contribution in [2.24, 2.45) is 5.10 Å². The molecule has 2 aromatic carbocycles. The first-order chi connectivity index (χ1) is 11.7. The zero-order valence-electron chi connectivity index (χ0n) is 13.5. The van der Waals surface area contributed by atoms with Crippen LogP contribution < -0.4 is 10.2 Å². The van der Waals surface area contributed by atoms with Crippen LogP contribution in [0.1, 0.15) is 22.8 Å². The van der Waals surface area contributed by atoms with Gasteiger partial charge in [-0.05, 0) is 53.6 Å². The quantitative estimate of drug-likeness (QED) is 0.592. The van der Waals surface area contributed by atoms with Crippen molar-refractivity contribution >= 4 is 22.4 Å². The Bertz CT molecular complexity index is 905. The highest BCUT2D eigenvalue weighted by Gasteiger charge is 2.05. The summed E-state index contributed by atoms with van der Waals surface area (Å²) in [7, 11) is 1.65. The molecule has 120 valence electrons. The SMILES string of the molecule is COc1ccc2cc(C(C)=NNC(=O)c3cccnc3)ccc2c1. The first-order valence-corrected chi connectivity index (χ1v) is 7.50. The molecule has 1 aromatic heterocycles. The Balaban J connectivity index is 1.80. The summed E-state index contributed by atoms with van der Waals surface area (Å²) in [5.74, 6) is 0.539. The topological polar surface area (TPSA) is 63.6 Å². The number of carbonyl (C=O) groups is 1. The van der Waals surface area contributed by atoms with Gasteiger partial charge in [0.2, 0.25) is 0 Å². The number of fused-ring (bicyclic) bond motifs is 1. The lowest BCUT2D eigenvalue weighted by Crippen LogP contribution is -2.19. The van der Waals surface area contributed by atoms with E-state index in [1.54, 1.807) is 25.4 Å². The number of methoxy groups -OCH3 is 1. The maximum absolute atomic E-state index is 12.0. The molecular weight excluding hydrogens is 302 g/mol. The van der Waals surface area contributed by atoms with Crippen molar-refractivity contribution in [3.8, 4) is 5.75 Å². The number of hydrogen-bond acceptors (Lipinski definition) is 4. The van der Waals surface area contributed by atoms with Crippen LogP contribution in [0.5, 0.6) is 5.75 Å². The Morgan fingerprint density at radius 1 is 1.08 bits per heavy atom. The smallest absolute Gasteiger partial charge is 0.272 e. The highest BCUT2D eigenvalue weighted by Crippen LogP contribution is 2.22. The number of nitrogens with zero attached hydrogens (tertiary/aromatic N) is 2. The number of hydrazone groups is 1. The standard InChI is InChI=1S/C19H17N3O2/c1-13(21-22-19(23)17-4-3-9-20-12-17)14-5-6-16-11-18(24-2)8-7-15(16)10-14/h3-12H,1-2H3,(H,22,23). The second-order valence-electron chi connectivity index (χ2n) is 5.31. The van der Waals surface area contributed by atoms with Crippen LogP contribution in [-0.2, 0) is 0 Å². The molecule has 0 aliphatic carbocycles. The summed E-state index contributed by atoms with van der Waals surface area (Å²) in [6, 6.07) is 15.3. The van der Waals surface area contributed by atoms with Crippen molar-refractivity contribution in [3.63, 3.8) is 0 Å². The molecule has 0 atom stereocenters. The lowest BCUT2D eigenvalue weighted by molar-refractivity contribution is 0.0954. The van der Waals surface area contributed by atoms with E-state index in [1.165, 1.54) is 6.20 Å². The highest BCUT2D eigenvalue weighted by molar-refractivity contribution is 6.03. The zero-order valence-corrected chi connectivity index (χ0v) is 13.5. The van der Waals surface area contributed by atoms with Crippen LogP contribution in [0.2, 0.25) is 0 Å². The third-order valence-corrected chi connectivity index (χ3v) is 3.71. The first-order valence-electron chi connectivity index (χ1n) is 7.50. The second-order valence-corrected chi connectivity index (χ2v) is 5.31. The molecule has 1 heterocycles. The summed E-state index contributed by atoms with van der Waals surface area (Å²) in [6.07, 6.45) is 3.12. The van der Waals surface area contributed by atoms with Gasteiger partial charge in [-0.15, -0.1) is 0 Å². The van der Waals surface area contributed by atoms with E-state index in [9.17, 15) is 4.79 Å². The summed E-state index contributed by atoms with van der Waals surface area (Å²) in [5.41, 5.74) is 4.69. The van der Waals surface area contributed by atoms with Crippen LogP contribution in [0.4, 0.5) is 0 Å². The maximum atomic E-state index is 12.0. The molecule has 0 fully saturated rings. The molecule has 5 heteroatoms. The van der Waals surface area contributed by atoms with Crippen LogP contribution in [0.25, 0.3) is 10.8 Å². The predicted molar refractivity (Wildman–Crippen MR) is 94.4 cm³/mol. The van der Waals surface area contributed by atoms with Gasteiger partial charge >= 0.3 is 0 Å². The third-order valence-electron chi connectivity index (χ3n) is 3.71. The van der Waals surface area contributed by atoms with Crippen molar-refractivity contribution in [1.82, 2.24) is 10.4 Å². The summed E-state index contributed by atoms with van der Waals surface area (Å²) in [4.78, 5) is 15.9. The van der Waals surface area contributed by atoms with Crippen molar-refractivity contribution in [1.29, 1.82) is 0 Å². The molecule has 0 spiro atoms. The predicted octanol–water partition coefficient (Wildman–Crippen LogP) is 3.40. The van der Waals surface area contributed by atoms with E-state index < -0.39 is 0 Å². The average molecular weight is 319 g/mol. The molecule has 0 radical (unpaired) electrons. The first kappa shape index (κ1) is 15.7. The fourth-order valence-electron chi connectivity index (χ4n) is 2.34. The second kappa shape index (κ2) is 6.91. The molecular formula is C19H17N3O2. The molecule has 0 saturated carbocycles. The molecule has 0 aliphatic rings. The number of aromatic nitrogens is 1. The number of amides is 1. The van der Waals surface area contributed by atoms with E-state index in [4.69, 9.17) is 4.74 Å². The number of hydrogen-bond donors (Lipinski definition) is 1. The Kier molecular flexibility index (Phi) is 4.52. The van der Waals surface area contributed by atoms with Crippen molar-refractivity contribution in [2.75, 3.05) is 7.11 Å². The summed E-state index contributed by atoms with van der Waals surface area (Å²) < 4.78 is 5.23. The zero-order chi connectivity index (χ0) is 16.9. The average Bonchev–Trinajstić information content (AvgIpc) is 2.65. The molecule has 1 N–H and O–H groups in total. The molecule has 24 heavy (non-hydrogen) atoms. The van der Waals surface area contributed by atoms with Gasteiger partial charge in [0.25, 0.3) is 5.91 Å². The van der Waals surface area contributed by atoms with Gasteiger partial charge in [-0.3, -0.25) is 9.78 Å². The molecule has 0 bridgehead atoms. The number of nitrogens with one attached hydrogen (secondary N) is 1. The fourth-order valence-corrected chi connectivity index (χ4v) is 2.34. The number of carbonyl (C=O) groups excluding carboxylic acids is 1. The third kappa shape index (κ3) is 3.41. The van der Waals surface area contributed by atoms with E-state index in [1.807, 2.05) is 43.3 Å². The molecule has 0 unspecified atom stereocenters. The van der Waals surface area contributed by atoms with Gasteiger partial charge in [-0.25, -0.2) is 5.43 Å². The number of pyridine rings is 1. The van der Waals surface area contributed by atoms with Crippen LogP contribution in [-0.4, -0.2) is 23.7 Å². The Morgan fingerprint density at radius 3 is 2.62 bits per heavy atom. The van der Waals surface area contributed by atoms with Crippen LogP contribution >= 0.6 is 0 Å². The Hall–Kier alpha value is -3.21. The van der Waals surface area contributed by atoms with Crippen LogP contribution in [0.3, 0.4) is 0 Å². The van der Waals surface area contributed by atoms with Gasteiger partial charge in [0.05, 0.1) is 18.4 Å². The largest absolute Gasteiger partial charge is 0.497 e. The summed E-state index contributed by atoms with van der Waals surface area (Å²) >= 11 is 0. The van der Waals surface area contributed by atoms with E-state index in [0.717, 1.165) is 27.8 Å². The van der Waals surface area contributed by atoms with Gasteiger partial charge in [0, 0.05) is 12.4 Å². The van der Waals surface area contributed by atoms with E-state index in [2.05, 4.69) is 15.5 Å².